The Morgan fingerprint density at radius 1 is 1.34 bits per heavy atom. The van der Waals surface area contributed by atoms with E-state index in [1.54, 1.807) is 13.0 Å². The number of carbonyl (C=O) groups is 2. The van der Waals surface area contributed by atoms with Crippen LogP contribution in [0.4, 0.5) is 0 Å². The van der Waals surface area contributed by atoms with E-state index in [2.05, 4.69) is 10.6 Å². The number of carboxylic acids is 1. The van der Waals surface area contributed by atoms with Gasteiger partial charge < -0.3 is 30.0 Å². The number of nitrogens with one attached hydrogen (secondary N) is 2. The Labute approximate surface area is 179 Å². The maximum absolute atomic E-state index is 12.8. The smallest absolute Gasteiger partial charge is 0.341 e. The number of thiocarbonyl (C=S) groups is 1. The third-order valence-electron chi connectivity index (χ3n) is 4.12. The number of ether oxygens (including phenoxy) is 3. The van der Waals surface area contributed by atoms with Crippen LogP contribution in [0, 0.1) is 5.92 Å². The molecule has 0 amide bonds. The summed E-state index contributed by atoms with van der Waals surface area (Å²) in [4.78, 5) is 23.9. The molecule has 158 valence electrons. The first-order valence-electron chi connectivity index (χ1n) is 8.98. The van der Waals surface area contributed by atoms with Crippen LogP contribution in [0.5, 0.6) is 11.5 Å². The minimum atomic E-state index is -1.16. The molecular formula is C19H23ClN2O6S. The number of carbonyl (C=O) groups excluding carboxylic acids is 1. The lowest BCUT2D eigenvalue weighted by atomic mass is 9.87. The molecule has 2 atom stereocenters. The molecule has 0 unspecified atom stereocenters. The molecule has 1 aliphatic heterocycles. The molecule has 0 saturated carbocycles. The van der Waals surface area contributed by atoms with E-state index in [4.69, 9.17) is 43.1 Å². The Kier molecular flexibility index (Phi) is 8.10. The first-order valence-corrected chi connectivity index (χ1v) is 9.77. The topological polar surface area (TPSA) is 106 Å². The summed E-state index contributed by atoms with van der Waals surface area (Å²) in [5.41, 5.74) is 1.02. The van der Waals surface area contributed by atoms with Crippen molar-refractivity contribution in [1.29, 1.82) is 0 Å². The van der Waals surface area contributed by atoms with Gasteiger partial charge >= 0.3 is 11.9 Å². The molecule has 0 radical (unpaired) electrons. The van der Waals surface area contributed by atoms with E-state index in [0.717, 1.165) is 0 Å². The lowest BCUT2D eigenvalue weighted by molar-refractivity contribution is -0.148. The highest BCUT2D eigenvalue weighted by molar-refractivity contribution is 7.80. The van der Waals surface area contributed by atoms with E-state index in [0.29, 0.717) is 27.8 Å². The highest BCUT2D eigenvalue weighted by atomic mass is 35.5. The first-order chi connectivity index (χ1) is 13.8. The molecule has 1 aliphatic rings. The predicted molar refractivity (Wildman–Crippen MR) is 111 cm³/mol. The molecule has 0 aliphatic carbocycles. The quantitative estimate of drug-likeness (QED) is 0.413. The molecular weight excluding hydrogens is 420 g/mol. The third-order valence-corrected chi connectivity index (χ3v) is 4.56. The summed E-state index contributed by atoms with van der Waals surface area (Å²) in [6.07, 6.45) is 2.51. The number of esters is 1. The molecule has 3 N–H and O–H groups in total. The summed E-state index contributed by atoms with van der Waals surface area (Å²) in [7, 11) is 1.41. The van der Waals surface area contributed by atoms with E-state index in [9.17, 15) is 9.59 Å². The number of hydrogen-bond donors (Lipinski definition) is 3. The summed E-state index contributed by atoms with van der Waals surface area (Å²) in [5.74, 6) is -2.01. The number of aliphatic carboxylic acids is 1. The average molecular weight is 443 g/mol. The van der Waals surface area contributed by atoms with Crippen LogP contribution < -0.4 is 20.1 Å². The fourth-order valence-corrected chi connectivity index (χ4v) is 3.52. The molecule has 29 heavy (non-hydrogen) atoms. The molecule has 0 bridgehead atoms. The Bertz CT molecular complexity index is 829. The van der Waals surface area contributed by atoms with Crippen LogP contribution in [0.3, 0.4) is 0 Å². The van der Waals surface area contributed by atoms with E-state index in [1.165, 1.54) is 13.2 Å². The molecule has 1 saturated heterocycles. The van der Waals surface area contributed by atoms with Crippen LogP contribution in [0.15, 0.2) is 23.9 Å². The Hall–Kier alpha value is -2.52. The van der Waals surface area contributed by atoms with Gasteiger partial charge in [0.15, 0.2) is 23.2 Å². The zero-order chi connectivity index (χ0) is 21.6. The van der Waals surface area contributed by atoms with Crippen molar-refractivity contribution in [3.8, 4) is 11.5 Å². The number of benzene rings is 1. The van der Waals surface area contributed by atoms with Crippen LogP contribution in [-0.2, 0) is 14.3 Å². The molecule has 0 spiro atoms. The summed E-state index contributed by atoms with van der Waals surface area (Å²) in [6.45, 7) is 3.25. The van der Waals surface area contributed by atoms with Crippen molar-refractivity contribution in [2.45, 2.75) is 26.3 Å². The number of rotatable bonds is 8. The van der Waals surface area contributed by atoms with Crippen molar-refractivity contribution in [2.75, 3.05) is 20.3 Å². The highest BCUT2D eigenvalue weighted by Gasteiger charge is 2.40. The SMILES string of the molecule is CC/C=C1/NC(=S)N[C@H](c2cc(Cl)cc(OC)c2OCC(=O)O)[C@H]1C(=O)OCC. The van der Waals surface area contributed by atoms with E-state index in [1.807, 2.05) is 13.0 Å². The monoisotopic (exact) mass is 442 g/mol. The van der Waals surface area contributed by atoms with Gasteiger partial charge in [0.05, 0.1) is 19.8 Å². The van der Waals surface area contributed by atoms with Crippen LogP contribution in [0.25, 0.3) is 0 Å². The number of methoxy groups -OCH3 is 1. The Morgan fingerprint density at radius 2 is 2.07 bits per heavy atom. The number of halogens is 1. The second-order valence-corrected chi connectivity index (χ2v) is 6.93. The number of hydrogen-bond acceptors (Lipinski definition) is 6. The normalized spacial score (nSPS) is 19.9. The van der Waals surface area contributed by atoms with Gasteiger partial charge in [0.2, 0.25) is 0 Å². The molecule has 8 nitrogen and oxygen atoms in total. The summed E-state index contributed by atoms with van der Waals surface area (Å²) in [5, 5.41) is 15.7. The highest BCUT2D eigenvalue weighted by Crippen LogP contribution is 2.42. The minimum Gasteiger partial charge on any atom is -0.493 e. The van der Waals surface area contributed by atoms with Crippen LogP contribution in [0.2, 0.25) is 5.02 Å². The average Bonchev–Trinajstić information content (AvgIpc) is 2.66. The molecule has 1 heterocycles. The van der Waals surface area contributed by atoms with Crippen LogP contribution >= 0.6 is 23.8 Å². The van der Waals surface area contributed by atoms with Crippen molar-refractivity contribution < 1.29 is 28.9 Å². The van der Waals surface area contributed by atoms with Crippen LogP contribution in [0.1, 0.15) is 31.9 Å². The van der Waals surface area contributed by atoms with Crippen molar-refractivity contribution in [1.82, 2.24) is 10.6 Å². The zero-order valence-corrected chi connectivity index (χ0v) is 17.9. The fourth-order valence-electron chi connectivity index (χ4n) is 3.06. The lowest BCUT2D eigenvalue weighted by Crippen LogP contribution is -2.51. The summed E-state index contributed by atoms with van der Waals surface area (Å²) < 4.78 is 16.1. The molecule has 1 aromatic rings. The van der Waals surface area contributed by atoms with E-state index < -0.39 is 30.5 Å². The molecule has 0 aromatic heterocycles. The fraction of sp³-hybridized carbons (Fsp3) is 0.421. The minimum absolute atomic E-state index is 0.159. The number of carboxylic acid groups (broad SMARTS) is 1. The van der Waals surface area contributed by atoms with Crippen molar-refractivity contribution in [3.63, 3.8) is 0 Å². The maximum Gasteiger partial charge on any atom is 0.341 e. The summed E-state index contributed by atoms with van der Waals surface area (Å²) >= 11 is 11.6. The first kappa shape index (κ1) is 22.8. The van der Waals surface area contributed by atoms with Gasteiger partial charge in [0.1, 0.15) is 5.92 Å². The third kappa shape index (κ3) is 5.51. The zero-order valence-electron chi connectivity index (χ0n) is 16.3. The van der Waals surface area contributed by atoms with Gasteiger partial charge in [-0.25, -0.2) is 4.79 Å². The molecule has 10 heteroatoms. The van der Waals surface area contributed by atoms with Gasteiger partial charge in [-0.3, -0.25) is 4.79 Å². The maximum atomic E-state index is 12.8. The Balaban J connectivity index is 2.64. The van der Waals surface area contributed by atoms with Crippen molar-refractivity contribution >= 4 is 40.9 Å². The van der Waals surface area contributed by atoms with E-state index in [-0.39, 0.29) is 18.1 Å². The standard InChI is InChI=1S/C19H23ClN2O6S/c1-4-6-12-15(18(25)27-5-2)16(22-19(29)21-12)11-7-10(20)8-13(26-3)17(11)28-9-14(23)24/h6-8,15-16H,4-5,9H2,1-3H3,(H,23,24)(H2,21,22,29)/b12-6+/t15-,16+/m0/s1. The second kappa shape index (κ2) is 10.3. The molecule has 1 fully saturated rings. The Morgan fingerprint density at radius 3 is 2.66 bits per heavy atom. The van der Waals surface area contributed by atoms with Gasteiger partial charge in [-0.2, -0.15) is 0 Å². The molecule has 1 aromatic carbocycles. The van der Waals surface area contributed by atoms with Gasteiger partial charge in [-0.05, 0) is 31.6 Å². The van der Waals surface area contributed by atoms with Gasteiger partial charge in [0.25, 0.3) is 0 Å². The van der Waals surface area contributed by atoms with E-state index >= 15 is 0 Å². The van der Waals surface area contributed by atoms with Gasteiger partial charge in [-0.15, -0.1) is 0 Å². The second-order valence-electron chi connectivity index (χ2n) is 6.08. The van der Waals surface area contributed by atoms with Gasteiger partial charge in [0, 0.05) is 22.3 Å². The summed E-state index contributed by atoms with van der Waals surface area (Å²) in [6, 6.07) is 2.38. The lowest BCUT2D eigenvalue weighted by Gasteiger charge is -2.36. The van der Waals surface area contributed by atoms with Crippen LogP contribution in [-0.4, -0.2) is 42.5 Å². The predicted octanol–water partition coefficient (Wildman–Crippen LogP) is 2.80. The van der Waals surface area contributed by atoms with Crippen molar-refractivity contribution in [2.24, 2.45) is 5.92 Å². The molecule has 2 rings (SSSR count). The largest absolute Gasteiger partial charge is 0.493 e. The number of allylic oxidation sites excluding steroid dienone is 1. The van der Waals surface area contributed by atoms with Gasteiger partial charge in [-0.1, -0.05) is 24.6 Å². The van der Waals surface area contributed by atoms with Crippen molar-refractivity contribution in [3.05, 3.63) is 34.5 Å².